The first-order chi connectivity index (χ1) is 8.54. The lowest BCUT2D eigenvalue weighted by atomic mass is 10.1. The third-order valence-electron chi connectivity index (χ3n) is 2.95. The lowest BCUT2D eigenvalue weighted by molar-refractivity contribution is 0.00509. The van der Waals surface area contributed by atoms with Crippen LogP contribution in [0.4, 0.5) is 0 Å². The number of hydrogen-bond acceptors (Lipinski definition) is 4. The summed E-state index contributed by atoms with van der Waals surface area (Å²) in [5.74, 6) is 1.24. The molecule has 0 unspecified atom stereocenters. The quantitative estimate of drug-likeness (QED) is 0.811. The Bertz CT molecular complexity index is 352. The van der Waals surface area contributed by atoms with Gasteiger partial charge in [0.15, 0.2) is 11.5 Å². The summed E-state index contributed by atoms with van der Waals surface area (Å²) in [7, 11) is 3.27. The van der Waals surface area contributed by atoms with Gasteiger partial charge in [0, 0.05) is 19.1 Å². The van der Waals surface area contributed by atoms with Crippen molar-refractivity contribution in [3.63, 3.8) is 0 Å². The van der Waals surface area contributed by atoms with Crippen molar-refractivity contribution in [1.82, 2.24) is 0 Å². The molecule has 18 heavy (non-hydrogen) atoms. The number of aliphatic hydroxyl groups excluding tert-OH is 1. The molecular weight excluding hydrogens is 232 g/mol. The van der Waals surface area contributed by atoms with Gasteiger partial charge in [0.05, 0.1) is 25.9 Å². The van der Waals surface area contributed by atoms with E-state index < -0.39 is 0 Å². The van der Waals surface area contributed by atoms with Crippen LogP contribution in [0.5, 0.6) is 11.5 Å². The Morgan fingerprint density at radius 2 is 1.94 bits per heavy atom. The van der Waals surface area contributed by atoms with Crippen LogP contribution in [0.1, 0.15) is 25.8 Å². The number of para-hydroxylation sites is 1. The monoisotopic (exact) mass is 254 g/mol. The maximum absolute atomic E-state index is 9.28. The largest absolute Gasteiger partial charge is 0.493 e. The molecule has 0 radical (unpaired) electrons. The Morgan fingerprint density at radius 1 is 1.22 bits per heavy atom. The Morgan fingerprint density at radius 3 is 2.50 bits per heavy atom. The van der Waals surface area contributed by atoms with E-state index >= 15 is 0 Å². The third-order valence-corrected chi connectivity index (χ3v) is 2.95. The van der Waals surface area contributed by atoms with Gasteiger partial charge < -0.3 is 19.3 Å². The van der Waals surface area contributed by atoms with E-state index in [4.69, 9.17) is 14.2 Å². The predicted octanol–water partition coefficient (Wildman–Crippen LogP) is 2.38. The fraction of sp³-hybridized carbons (Fsp3) is 0.571. The molecule has 0 fully saturated rings. The summed E-state index contributed by atoms with van der Waals surface area (Å²) in [6, 6.07) is 5.46. The summed E-state index contributed by atoms with van der Waals surface area (Å²) in [5.41, 5.74) is 0.506. The maximum atomic E-state index is 9.28. The Hall–Kier alpha value is -1.26. The van der Waals surface area contributed by atoms with Gasteiger partial charge >= 0.3 is 0 Å². The normalized spacial score (nSPS) is 11.4. The highest BCUT2D eigenvalue weighted by molar-refractivity contribution is 5.46. The Kier molecular flexibility index (Phi) is 5.44. The van der Waals surface area contributed by atoms with E-state index in [1.165, 1.54) is 0 Å². The van der Waals surface area contributed by atoms with E-state index in [1.54, 1.807) is 14.2 Å². The van der Waals surface area contributed by atoms with Gasteiger partial charge in [-0.15, -0.1) is 0 Å². The minimum atomic E-state index is -0.221. The predicted molar refractivity (Wildman–Crippen MR) is 70.1 cm³/mol. The molecule has 1 rings (SSSR count). The van der Waals surface area contributed by atoms with Crippen LogP contribution in [0, 0.1) is 0 Å². The summed E-state index contributed by atoms with van der Waals surface area (Å²) in [6.45, 7) is 4.45. The van der Waals surface area contributed by atoms with Crippen molar-refractivity contribution in [2.45, 2.75) is 32.5 Å². The standard InChI is InChI=1S/C14H22O4/c1-14(2,17-4)8-9-18-13-11(10-15)6-5-7-12(13)16-3/h5-7,15H,8-10H2,1-4H3. The summed E-state index contributed by atoms with van der Waals surface area (Å²) in [6.07, 6.45) is 0.756. The van der Waals surface area contributed by atoms with E-state index in [0.29, 0.717) is 18.1 Å². The molecule has 4 nitrogen and oxygen atoms in total. The zero-order chi connectivity index (χ0) is 13.6. The van der Waals surface area contributed by atoms with E-state index in [0.717, 1.165) is 12.0 Å². The zero-order valence-corrected chi connectivity index (χ0v) is 11.5. The zero-order valence-electron chi connectivity index (χ0n) is 11.5. The molecule has 0 aromatic heterocycles. The first-order valence-corrected chi connectivity index (χ1v) is 5.98. The van der Waals surface area contributed by atoms with Crippen molar-refractivity contribution in [2.24, 2.45) is 0 Å². The van der Waals surface area contributed by atoms with E-state index in [-0.39, 0.29) is 12.2 Å². The Balaban J connectivity index is 2.71. The molecule has 0 aliphatic carbocycles. The highest BCUT2D eigenvalue weighted by Gasteiger charge is 2.17. The highest BCUT2D eigenvalue weighted by atomic mass is 16.5. The second kappa shape index (κ2) is 6.61. The van der Waals surface area contributed by atoms with Crippen LogP contribution in [0.3, 0.4) is 0 Å². The summed E-state index contributed by atoms with van der Waals surface area (Å²) < 4.78 is 16.3. The van der Waals surface area contributed by atoms with E-state index in [9.17, 15) is 5.11 Å². The van der Waals surface area contributed by atoms with E-state index in [2.05, 4.69) is 0 Å². The molecule has 0 amide bonds. The number of aliphatic hydroxyl groups is 1. The van der Waals surface area contributed by atoms with Crippen molar-refractivity contribution in [2.75, 3.05) is 20.8 Å². The van der Waals surface area contributed by atoms with Gasteiger partial charge in [-0.1, -0.05) is 12.1 Å². The minimum absolute atomic E-state index is 0.0692. The van der Waals surface area contributed by atoms with Crippen LogP contribution in [0.15, 0.2) is 18.2 Å². The fourth-order valence-electron chi connectivity index (χ4n) is 1.51. The van der Waals surface area contributed by atoms with Crippen LogP contribution in [0.2, 0.25) is 0 Å². The second-order valence-electron chi connectivity index (χ2n) is 4.67. The van der Waals surface area contributed by atoms with Crippen molar-refractivity contribution >= 4 is 0 Å². The van der Waals surface area contributed by atoms with Crippen LogP contribution in [-0.4, -0.2) is 31.5 Å². The molecule has 0 spiro atoms. The third kappa shape index (κ3) is 3.89. The van der Waals surface area contributed by atoms with Crippen molar-refractivity contribution in [3.05, 3.63) is 23.8 Å². The molecule has 0 bridgehead atoms. The molecule has 0 atom stereocenters. The first kappa shape index (κ1) is 14.8. The lowest BCUT2D eigenvalue weighted by Crippen LogP contribution is -2.25. The number of ether oxygens (including phenoxy) is 3. The molecule has 4 heteroatoms. The first-order valence-electron chi connectivity index (χ1n) is 5.98. The van der Waals surface area contributed by atoms with Crippen molar-refractivity contribution in [1.29, 1.82) is 0 Å². The summed E-state index contributed by atoms with van der Waals surface area (Å²) in [4.78, 5) is 0. The van der Waals surface area contributed by atoms with Gasteiger partial charge in [0.1, 0.15) is 0 Å². The van der Waals surface area contributed by atoms with Gasteiger partial charge in [-0.25, -0.2) is 0 Å². The van der Waals surface area contributed by atoms with Gasteiger partial charge in [-0.05, 0) is 19.9 Å². The van der Waals surface area contributed by atoms with Crippen LogP contribution < -0.4 is 9.47 Å². The molecule has 0 saturated heterocycles. The molecule has 0 heterocycles. The molecule has 1 aromatic rings. The second-order valence-corrected chi connectivity index (χ2v) is 4.67. The number of methoxy groups -OCH3 is 2. The van der Waals surface area contributed by atoms with Gasteiger partial charge in [-0.2, -0.15) is 0 Å². The van der Waals surface area contributed by atoms with Crippen molar-refractivity contribution in [3.8, 4) is 11.5 Å². The van der Waals surface area contributed by atoms with Gasteiger partial charge in [0.25, 0.3) is 0 Å². The van der Waals surface area contributed by atoms with E-state index in [1.807, 2.05) is 32.0 Å². The minimum Gasteiger partial charge on any atom is -0.493 e. The molecule has 102 valence electrons. The fourth-order valence-corrected chi connectivity index (χ4v) is 1.51. The molecule has 0 aliphatic heterocycles. The molecule has 0 aliphatic rings. The smallest absolute Gasteiger partial charge is 0.166 e. The number of rotatable bonds is 7. The average molecular weight is 254 g/mol. The molecule has 0 saturated carbocycles. The van der Waals surface area contributed by atoms with Gasteiger partial charge in [0.2, 0.25) is 0 Å². The lowest BCUT2D eigenvalue weighted by Gasteiger charge is -2.23. The highest BCUT2D eigenvalue weighted by Crippen LogP contribution is 2.31. The molecular formula is C14H22O4. The Labute approximate surface area is 108 Å². The number of benzene rings is 1. The topological polar surface area (TPSA) is 47.9 Å². The van der Waals surface area contributed by atoms with Crippen LogP contribution >= 0.6 is 0 Å². The average Bonchev–Trinajstić information content (AvgIpc) is 2.38. The van der Waals surface area contributed by atoms with Crippen LogP contribution in [-0.2, 0) is 11.3 Å². The summed E-state index contributed by atoms with van der Waals surface area (Å²) in [5, 5.41) is 9.28. The summed E-state index contributed by atoms with van der Waals surface area (Å²) >= 11 is 0. The molecule has 1 aromatic carbocycles. The number of hydrogen-bond donors (Lipinski definition) is 1. The van der Waals surface area contributed by atoms with Crippen molar-refractivity contribution < 1.29 is 19.3 Å². The van der Waals surface area contributed by atoms with Crippen LogP contribution in [0.25, 0.3) is 0 Å². The maximum Gasteiger partial charge on any atom is 0.166 e. The van der Waals surface area contributed by atoms with Gasteiger partial charge in [-0.3, -0.25) is 0 Å². The SMILES string of the molecule is COc1cccc(CO)c1OCCC(C)(C)OC. The molecule has 1 N–H and O–H groups in total.